The summed E-state index contributed by atoms with van der Waals surface area (Å²) in [4.78, 5) is 3.97. The van der Waals surface area contributed by atoms with Crippen molar-refractivity contribution in [3.63, 3.8) is 0 Å². The molecule has 1 atom stereocenters. The molecule has 1 aliphatic rings. The topological polar surface area (TPSA) is 34.2 Å². The van der Waals surface area contributed by atoms with Gasteiger partial charge < -0.3 is 4.42 Å². The van der Waals surface area contributed by atoms with E-state index in [1.54, 1.807) is 34.2 Å². The van der Waals surface area contributed by atoms with Crippen molar-refractivity contribution in [2.45, 2.75) is 25.6 Å². The normalized spacial score (nSPS) is 18.3. The van der Waals surface area contributed by atoms with Gasteiger partial charge in [-0.2, -0.15) is 0 Å². The Morgan fingerprint density at radius 1 is 1.29 bits per heavy atom. The van der Waals surface area contributed by atoms with Crippen LogP contribution in [-0.4, -0.2) is 21.2 Å². The van der Waals surface area contributed by atoms with E-state index >= 15 is 0 Å². The molecule has 2 aromatic heterocycles. The molecule has 0 spiro atoms. The minimum Gasteiger partial charge on any atom is -0.409 e. The molecule has 0 bridgehead atoms. The summed E-state index contributed by atoms with van der Waals surface area (Å²) < 4.78 is 21.1. The Kier molecular flexibility index (Phi) is 4.30. The van der Waals surface area contributed by atoms with Gasteiger partial charge in [0.2, 0.25) is 5.89 Å². The first-order valence-corrected chi connectivity index (χ1v) is 9.11. The molecule has 1 fully saturated rings. The van der Waals surface area contributed by atoms with Crippen LogP contribution in [-0.2, 0) is 6.67 Å². The third-order valence-electron chi connectivity index (χ3n) is 4.26. The summed E-state index contributed by atoms with van der Waals surface area (Å²) in [7, 11) is 0. The van der Waals surface area contributed by atoms with Crippen molar-refractivity contribution in [1.82, 2.24) is 14.7 Å². The predicted molar refractivity (Wildman–Crippen MR) is 93.7 cm³/mol. The van der Waals surface area contributed by atoms with E-state index in [0.717, 1.165) is 19.4 Å². The first kappa shape index (κ1) is 15.7. The molecule has 0 unspecified atom stereocenters. The van der Waals surface area contributed by atoms with Crippen LogP contribution in [0.15, 0.2) is 46.2 Å². The largest absolute Gasteiger partial charge is 0.409 e. The van der Waals surface area contributed by atoms with E-state index in [0.29, 0.717) is 18.3 Å². The quantitative estimate of drug-likeness (QED) is 0.621. The molecule has 24 heavy (non-hydrogen) atoms. The summed E-state index contributed by atoms with van der Waals surface area (Å²) in [6, 6.07) is 11.1. The molecule has 0 saturated carbocycles. The van der Waals surface area contributed by atoms with Gasteiger partial charge >= 0.3 is 0 Å². The lowest BCUT2D eigenvalue weighted by Crippen LogP contribution is -2.26. The van der Waals surface area contributed by atoms with E-state index in [1.165, 1.54) is 10.9 Å². The molecule has 3 heterocycles. The van der Waals surface area contributed by atoms with Crippen LogP contribution >= 0.6 is 23.6 Å². The highest BCUT2D eigenvalue weighted by atomic mass is 32.1. The Morgan fingerprint density at radius 3 is 2.96 bits per heavy atom. The van der Waals surface area contributed by atoms with E-state index < -0.39 is 0 Å². The molecule has 1 saturated heterocycles. The number of likely N-dealkylation sites (tertiary alicyclic amines) is 1. The number of aromatic nitrogens is 2. The van der Waals surface area contributed by atoms with Gasteiger partial charge in [-0.25, -0.2) is 9.07 Å². The van der Waals surface area contributed by atoms with Crippen LogP contribution in [0.3, 0.4) is 0 Å². The van der Waals surface area contributed by atoms with Crippen molar-refractivity contribution in [2.75, 3.05) is 6.54 Å². The van der Waals surface area contributed by atoms with Gasteiger partial charge in [-0.1, -0.05) is 18.2 Å². The monoisotopic (exact) mass is 361 g/mol. The van der Waals surface area contributed by atoms with Crippen molar-refractivity contribution in [1.29, 1.82) is 0 Å². The molecule has 124 valence electrons. The van der Waals surface area contributed by atoms with Crippen LogP contribution in [0.25, 0.3) is 11.5 Å². The summed E-state index contributed by atoms with van der Waals surface area (Å²) in [5, 5.41) is 6.49. The molecule has 0 radical (unpaired) electrons. The van der Waals surface area contributed by atoms with E-state index in [9.17, 15) is 4.39 Å². The number of hydrogen-bond donors (Lipinski definition) is 0. The number of hydrogen-bond acceptors (Lipinski definition) is 5. The van der Waals surface area contributed by atoms with Crippen molar-refractivity contribution in [3.8, 4) is 11.5 Å². The molecule has 0 aliphatic carbocycles. The second-order valence-electron chi connectivity index (χ2n) is 5.78. The minimum atomic E-state index is -0.362. The van der Waals surface area contributed by atoms with Crippen LogP contribution < -0.4 is 0 Å². The first-order valence-electron chi connectivity index (χ1n) is 7.82. The number of benzene rings is 1. The minimum absolute atomic E-state index is 0.227. The standard InChI is InChI=1S/C17H16FN3OS2/c18-13-6-2-1-5-12(13)16-19-21(17(23)22-16)11-20-9-3-7-14(20)15-8-4-10-24-15/h1-2,4-6,8,10,14H,3,7,9,11H2/t14-/m0/s1. The number of rotatable bonds is 4. The van der Waals surface area contributed by atoms with E-state index in [2.05, 4.69) is 27.5 Å². The number of halogens is 1. The summed E-state index contributed by atoms with van der Waals surface area (Å²) in [6.45, 7) is 1.55. The van der Waals surface area contributed by atoms with Gasteiger partial charge in [0.25, 0.3) is 4.84 Å². The van der Waals surface area contributed by atoms with Crippen LogP contribution in [0, 0.1) is 10.7 Å². The van der Waals surface area contributed by atoms with Gasteiger partial charge in [0.05, 0.1) is 12.2 Å². The Labute approximate surface area is 148 Å². The third kappa shape index (κ3) is 2.94. The van der Waals surface area contributed by atoms with Crippen molar-refractivity contribution in [2.24, 2.45) is 0 Å². The lowest BCUT2D eigenvalue weighted by Gasteiger charge is -2.22. The second-order valence-corrected chi connectivity index (χ2v) is 7.11. The zero-order chi connectivity index (χ0) is 16.5. The van der Waals surface area contributed by atoms with Crippen LogP contribution in [0.5, 0.6) is 0 Å². The molecule has 4 nitrogen and oxygen atoms in total. The van der Waals surface area contributed by atoms with Crippen molar-refractivity contribution >= 4 is 23.6 Å². The van der Waals surface area contributed by atoms with Crippen molar-refractivity contribution in [3.05, 3.63) is 57.3 Å². The first-order chi connectivity index (χ1) is 11.7. The van der Waals surface area contributed by atoms with Crippen LogP contribution in [0.2, 0.25) is 0 Å². The highest BCUT2D eigenvalue weighted by Crippen LogP contribution is 2.34. The molecule has 4 rings (SSSR count). The Morgan fingerprint density at radius 2 is 2.17 bits per heavy atom. The molecule has 0 N–H and O–H groups in total. The zero-order valence-corrected chi connectivity index (χ0v) is 14.5. The molecule has 7 heteroatoms. The predicted octanol–water partition coefficient (Wildman–Crippen LogP) is 4.87. The summed E-state index contributed by atoms with van der Waals surface area (Å²) in [5.74, 6) is -0.136. The molecular formula is C17H16FN3OS2. The second kappa shape index (κ2) is 6.58. The van der Waals surface area contributed by atoms with Gasteiger partial charge in [-0.3, -0.25) is 4.90 Å². The Hall–Kier alpha value is -1.83. The summed E-state index contributed by atoms with van der Waals surface area (Å²) in [6.07, 6.45) is 2.28. The highest BCUT2D eigenvalue weighted by Gasteiger charge is 2.27. The van der Waals surface area contributed by atoms with E-state index in [1.807, 2.05) is 0 Å². The Bertz CT molecular complexity index is 887. The van der Waals surface area contributed by atoms with Gasteiger partial charge in [0.1, 0.15) is 5.82 Å². The third-order valence-corrected chi connectivity index (χ3v) is 5.53. The molecular weight excluding hydrogens is 345 g/mol. The van der Waals surface area contributed by atoms with Crippen LogP contribution in [0.1, 0.15) is 23.8 Å². The lowest BCUT2D eigenvalue weighted by molar-refractivity contribution is 0.190. The van der Waals surface area contributed by atoms with Gasteiger partial charge in [0.15, 0.2) is 0 Å². The van der Waals surface area contributed by atoms with E-state index in [-0.39, 0.29) is 16.5 Å². The smallest absolute Gasteiger partial charge is 0.288 e. The fourth-order valence-electron chi connectivity index (χ4n) is 3.11. The fourth-order valence-corrected chi connectivity index (χ4v) is 4.18. The van der Waals surface area contributed by atoms with Gasteiger partial charge in [-0.15, -0.1) is 16.4 Å². The van der Waals surface area contributed by atoms with Crippen molar-refractivity contribution < 1.29 is 8.81 Å². The fraction of sp³-hybridized carbons (Fsp3) is 0.294. The summed E-state index contributed by atoms with van der Waals surface area (Å²) >= 11 is 7.05. The van der Waals surface area contributed by atoms with Gasteiger partial charge in [0, 0.05) is 17.5 Å². The number of thiophene rings is 1. The molecule has 1 aliphatic heterocycles. The maximum atomic E-state index is 13.9. The lowest BCUT2D eigenvalue weighted by atomic mass is 10.2. The Balaban J connectivity index is 1.59. The maximum Gasteiger partial charge on any atom is 0.288 e. The van der Waals surface area contributed by atoms with Gasteiger partial charge in [-0.05, 0) is 48.6 Å². The zero-order valence-electron chi connectivity index (χ0n) is 12.9. The average Bonchev–Trinajstić information content (AvgIpc) is 3.30. The summed E-state index contributed by atoms with van der Waals surface area (Å²) in [5.41, 5.74) is 0.332. The van der Waals surface area contributed by atoms with E-state index in [4.69, 9.17) is 16.6 Å². The molecule has 1 aromatic carbocycles. The highest BCUT2D eigenvalue weighted by molar-refractivity contribution is 7.71. The maximum absolute atomic E-state index is 13.9. The SMILES string of the molecule is Fc1ccccc1-c1nn(CN2CCC[C@H]2c2cccs2)c(=S)o1. The van der Waals surface area contributed by atoms with Crippen LogP contribution in [0.4, 0.5) is 4.39 Å². The number of nitrogens with zero attached hydrogens (tertiary/aromatic N) is 3. The molecule has 3 aromatic rings. The molecule has 0 amide bonds. The average molecular weight is 361 g/mol.